The van der Waals surface area contributed by atoms with Crippen molar-refractivity contribution in [2.75, 3.05) is 56.9 Å². The molecule has 0 aromatic heterocycles. The maximum atomic E-state index is 10.0. The van der Waals surface area contributed by atoms with Gasteiger partial charge in [0.1, 0.15) is 9.84 Å². The Labute approximate surface area is 594 Å². The minimum atomic E-state index is -2.66. The lowest BCUT2D eigenvalue weighted by molar-refractivity contribution is -0.136. The molecule has 4 rings (SSSR count). The number of aliphatic hydroxyl groups excluding tert-OH is 1. The van der Waals surface area contributed by atoms with E-state index in [4.69, 9.17) is 31.2 Å². The highest BCUT2D eigenvalue weighted by Gasteiger charge is 1.95. The maximum Gasteiger partial charge on any atom is 0.303 e. The topological polar surface area (TPSA) is 305 Å². The van der Waals surface area contributed by atoms with E-state index in [1.54, 1.807) is 34.0 Å². The zero-order chi connectivity index (χ0) is 78.0. The number of ether oxygens (including phenoxy) is 2. The van der Waals surface area contributed by atoms with Crippen molar-refractivity contribution in [3.05, 3.63) is 119 Å². The molecule has 10 N–H and O–H groups in total. The molecule has 18 nitrogen and oxygen atoms in total. The molecule has 1 unspecified atom stereocenters. The molecular weight excluding hydrogens is 1250 g/mol. The van der Waals surface area contributed by atoms with Crippen molar-refractivity contribution in [3.63, 3.8) is 0 Å². The van der Waals surface area contributed by atoms with Crippen LogP contribution in [0.3, 0.4) is 0 Å². The van der Waals surface area contributed by atoms with Crippen molar-refractivity contribution in [2.24, 2.45) is 39.0 Å². The molecule has 20 heteroatoms. The van der Waals surface area contributed by atoms with Crippen molar-refractivity contribution in [3.8, 4) is 0 Å². The van der Waals surface area contributed by atoms with Crippen LogP contribution in [0.4, 0.5) is 0 Å². The highest BCUT2D eigenvalue weighted by molar-refractivity contribution is 7.90. The van der Waals surface area contributed by atoms with Gasteiger partial charge in [0.2, 0.25) is 17.7 Å². The van der Waals surface area contributed by atoms with E-state index in [0.29, 0.717) is 19.1 Å². The third kappa shape index (κ3) is 185. The summed E-state index contributed by atoms with van der Waals surface area (Å²) in [5.74, 6) is 2.04. The van der Waals surface area contributed by atoms with E-state index in [2.05, 4.69) is 164 Å². The number of primary amides is 1. The van der Waals surface area contributed by atoms with Crippen LogP contribution in [0.5, 0.6) is 0 Å². The first-order chi connectivity index (χ1) is 45.0. The van der Waals surface area contributed by atoms with E-state index in [1.807, 2.05) is 111 Å². The molecule has 96 heavy (non-hydrogen) atoms. The molecule has 3 aromatic carbocycles. The second kappa shape index (κ2) is 108. The number of nitrogens with two attached hydrogens (primary N) is 3. The highest BCUT2D eigenvalue weighted by atomic mass is 32.2. The number of hydrogen-bond donors (Lipinski definition) is 7. The Morgan fingerprint density at radius 1 is 0.615 bits per heavy atom. The molecule has 0 bridgehead atoms. The zero-order valence-corrected chi connectivity index (χ0v) is 68.4. The van der Waals surface area contributed by atoms with Gasteiger partial charge >= 0.3 is 5.97 Å². The molecular formula is C76H153N7O11S2. The summed E-state index contributed by atoms with van der Waals surface area (Å²) in [5, 5.41) is 20.4. The number of aliphatic imine (C=N–C) groups is 2. The SMILES string of the molecule is CC.CC(C)OCc1ccccc1.CCC.CCC.CCC(=O)O.CCC(C)C.CCC(C)C.CCC(N)=O.CCC1=CCC=N1.CCN=C(N)N.CCNC(C)=O.CCNC(C)=O.CCO.CCOCc1ccccc1.CCS(C)(=O)=O.CCS(C)=O.CCc1ccccc1. The number of aryl methyl sites for hydroxylation is 1. The molecule has 1 aliphatic rings. The minimum Gasteiger partial charge on any atom is -0.481 e. The molecule has 3 aromatic rings. The summed E-state index contributed by atoms with van der Waals surface area (Å²) in [5.41, 5.74) is 19.6. The summed E-state index contributed by atoms with van der Waals surface area (Å²) < 4.78 is 40.6. The van der Waals surface area contributed by atoms with Crippen LogP contribution >= 0.6 is 0 Å². The third-order valence-corrected chi connectivity index (χ3v) is 11.3. The van der Waals surface area contributed by atoms with Crippen LogP contribution in [-0.2, 0) is 68.9 Å². The number of aliphatic carboxylic acids is 1. The van der Waals surface area contributed by atoms with Gasteiger partial charge in [-0.3, -0.25) is 33.4 Å². The molecule has 1 aliphatic heterocycles. The van der Waals surface area contributed by atoms with Gasteiger partial charge in [-0.25, -0.2) is 8.42 Å². The first kappa shape index (κ1) is 120. The van der Waals surface area contributed by atoms with Crippen LogP contribution in [-0.4, -0.2) is 122 Å². The molecule has 0 fully saturated rings. The number of amides is 3. The summed E-state index contributed by atoms with van der Waals surface area (Å²) in [4.78, 5) is 46.5. The molecule has 3 amide bonds. The molecule has 570 valence electrons. The quantitative estimate of drug-likeness (QED) is 0.0489. The van der Waals surface area contributed by atoms with E-state index in [-0.39, 0.29) is 42.5 Å². The Kier molecular flexibility index (Phi) is 135. The molecule has 0 saturated carbocycles. The summed E-state index contributed by atoms with van der Waals surface area (Å²) in [6, 6.07) is 30.8. The number of sulfone groups is 1. The summed E-state index contributed by atoms with van der Waals surface area (Å²) in [7, 11) is -3.23. The van der Waals surface area contributed by atoms with Gasteiger partial charge in [-0.1, -0.05) is 247 Å². The van der Waals surface area contributed by atoms with Crippen LogP contribution in [0, 0.1) is 11.8 Å². The van der Waals surface area contributed by atoms with Gasteiger partial charge in [0.05, 0.1) is 19.3 Å². The summed E-state index contributed by atoms with van der Waals surface area (Å²) in [6.07, 6.45) is 16.4. The van der Waals surface area contributed by atoms with Crippen LogP contribution in [0.2, 0.25) is 0 Å². The molecule has 0 saturated heterocycles. The molecule has 0 aliphatic carbocycles. The molecule has 0 radical (unpaired) electrons. The number of carbonyl (C=O) groups is 4. The maximum absolute atomic E-state index is 10.0. The van der Waals surface area contributed by atoms with Crippen molar-refractivity contribution in [1.82, 2.24) is 10.6 Å². The number of hydrogen-bond acceptors (Lipinski definition) is 12. The minimum absolute atomic E-state index is 0.0394. The average molecular weight is 1410 g/mol. The number of allylic oxidation sites excluding steroid dienone is 2. The summed E-state index contributed by atoms with van der Waals surface area (Å²) >= 11 is 0. The number of carboxylic acid groups (broad SMARTS) is 1. The van der Waals surface area contributed by atoms with Crippen molar-refractivity contribution < 1.29 is 51.5 Å². The van der Waals surface area contributed by atoms with E-state index in [1.165, 1.54) is 68.2 Å². The Bertz CT molecular complexity index is 2100. The lowest BCUT2D eigenvalue weighted by atomic mass is 10.2. The number of nitrogens with zero attached hydrogens (tertiary/aromatic N) is 2. The number of guanidine groups is 1. The predicted octanol–water partition coefficient (Wildman–Crippen LogP) is 17.2. The monoisotopic (exact) mass is 1400 g/mol. The highest BCUT2D eigenvalue weighted by Crippen LogP contribution is 2.07. The van der Waals surface area contributed by atoms with Crippen LogP contribution in [0.25, 0.3) is 0 Å². The Hall–Kier alpha value is -5.80. The second-order valence-corrected chi connectivity index (χ2v) is 24.6. The van der Waals surface area contributed by atoms with Gasteiger partial charge in [-0.15, -0.1) is 0 Å². The summed E-state index contributed by atoms with van der Waals surface area (Å²) in [6.45, 7) is 58.0. The normalized spacial score (nSPS) is 9.57. The number of benzene rings is 3. The van der Waals surface area contributed by atoms with Gasteiger partial charge in [-0.2, -0.15) is 0 Å². The van der Waals surface area contributed by atoms with Gasteiger partial charge in [-0.05, 0) is 89.8 Å². The Morgan fingerprint density at radius 3 is 1.04 bits per heavy atom. The number of carboxylic acids is 1. The third-order valence-electron chi connectivity index (χ3n) is 9.48. The number of aliphatic hydroxyl groups is 1. The van der Waals surface area contributed by atoms with Gasteiger partial charge < -0.3 is 47.5 Å². The van der Waals surface area contributed by atoms with E-state index < -0.39 is 26.6 Å². The molecule has 1 atom stereocenters. The fourth-order valence-corrected chi connectivity index (χ4v) is 3.67. The van der Waals surface area contributed by atoms with Crippen LogP contribution < -0.4 is 27.8 Å². The van der Waals surface area contributed by atoms with Crippen molar-refractivity contribution in [1.29, 1.82) is 0 Å². The largest absolute Gasteiger partial charge is 0.481 e. The Morgan fingerprint density at radius 2 is 0.917 bits per heavy atom. The first-order valence-electron chi connectivity index (χ1n) is 34.7. The van der Waals surface area contributed by atoms with E-state index >= 15 is 0 Å². The van der Waals surface area contributed by atoms with Gasteiger partial charge in [0.15, 0.2) is 5.96 Å². The van der Waals surface area contributed by atoms with Crippen molar-refractivity contribution >= 4 is 56.5 Å². The second-order valence-electron chi connectivity index (χ2n) is 20.5. The number of carbonyl (C=O) groups excluding carboxylic acids is 3. The fraction of sp³-hybridized carbons (Fsp3) is 0.658. The molecule has 0 spiro atoms. The van der Waals surface area contributed by atoms with Crippen LogP contribution in [0.15, 0.2) is 113 Å². The number of nitrogens with one attached hydrogen (secondary N) is 2. The van der Waals surface area contributed by atoms with Crippen LogP contribution in [0.1, 0.15) is 255 Å². The first-order valence-corrected chi connectivity index (χ1v) is 38.5. The Balaban J connectivity index is -0.0000000704. The molecule has 1 heterocycles. The smallest absolute Gasteiger partial charge is 0.303 e. The van der Waals surface area contributed by atoms with Gasteiger partial charge in [0, 0.05) is 113 Å². The van der Waals surface area contributed by atoms with E-state index in [0.717, 1.165) is 69.8 Å². The standard InChI is InChI=1S/C10H14O.C9H12O.C8H10.C6H9N.2C5H12.2C4H9NO.C3H9N3.C3H7NO.C3H8O2S.C3H6O2.C3H8OS.2C3H8.C2H6O.C2H6/c1-9(2)11-8-10-6-4-3-5-7-10;1-2-10-8-9-6-4-3-5-7-9;1-2-8-6-4-3-5-7-8;1-2-6-4-3-5-7-6;2*1-4-5(2)3;2*1-3-5-4(2)6;1-2-6-3(4)5;1-2-3(4)5;1-3-6(2,4)5;1-2-3(4)5;1-3-5(2)4;2*1-3-2;1-2-3;1-2/h3-7,9H,8H2,1-2H3;3-7H,2,8H2,1H3;3-7H,2H2,1H3;4-5H,2-3H2,1H3;2*5H,4H2,1-3H3;2*3H2,1-2H3,(H,5,6);2H2,1H3,(H4,4,5,6);2H2,1H3,(H2,4,5);3H2,1-2H3;2H2,1H3,(H,4,5);3H2,1-2H3;2*3H2,1-2H3;3H,2H2,1H3;1-2H3. The average Bonchev–Trinajstić information content (AvgIpc) is 3.53. The predicted molar refractivity (Wildman–Crippen MR) is 424 cm³/mol. The van der Waals surface area contributed by atoms with E-state index in [9.17, 15) is 31.8 Å². The zero-order valence-electron chi connectivity index (χ0n) is 66.8. The van der Waals surface area contributed by atoms with Gasteiger partial charge in [0.25, 0.3) is 0 Å². The lowest BCUT2D eigenvalue weighted by Crippen LogP contribution is -2.22. The lowest BCUT2D eigenvalue weighted by Gasteiger charge is -2.06. The fourth-order valence-electron chi connectivity index (χ4n) is 3.67. The van der Waals surface area contributed by atoms with Crippen molar-refractivity contribution in [2.45, 2.75) is 264 Å². The number of rotatable bonds is 17.